The average Bonchev–Trinajstić information content (AvgIpc) is 3.58. The first-order valence-corrected chi connectivity index (χ1v) is 25.1. The molecule has 2 amide bonds. The first kappa shape index (κ1) is 50.4. The summed E-state index contributed by atoms with van der Waals surface area (Å²) in [5, 5.41) is 9.08. The summed E-state index contributed by atoms with van der Waals surface area (Å²) in [7, 11) is -8.27. The maximum Gasteiger partial charge on any atom is 0.265 e. The predicted octanol–water partition coefficient (Wildman–Crippen LogP) is 7.71. The fourth-order valence-electron chi connectivity index (χ4n) is 8.63. The number of fused-ring (bicyclic) bond motifs is 2. The number of allylic oxidation sites excluding steroid dienone is 6. The average molecular weight is 930 g/mol. The number of rotatable bonds is 23. The number of carbonyl (C=O) groups is 2. The van der Waals surface area contributed by atoms with Gasteiger partial charge in [0, 0.05) is 83.8 Å². The van der Waals surface area contributed by atoms with E-state index in [1.807, 2.05) is 50.3 Å². The number of anilines is 1. The summed E-state index contributed by atoms with van der Waals surface area (Å²) in [6.07, 6.45) is 15.2. The first-order valence-electron chi connectivity index (χ1n) is 21.8. The van der Waals surface area contributed by atoms with E-state index in [0.717, 1.165) is 64.3 Å². The Hall–Kier alpha value is -5.65. The molecule has 2 aliphatic rings. The van der Waals surface area contributed by atoms with Gasteiger partial charge in [0.15, 0.2) is 5.71 Å². The second-order valence-corrected chi connectivity index (χ2v) is 20.5. The molecule has 5 rings (SSSR count). The quantitative estimate of drug-likeness (QED) is 0.0137. The van der Waals surface area contributed by atoms with Crippen LogP contribution in [-0.4, -0.2) is 90.7 Å². The van der Waals surface area contributed by atoms with Crippen molar-refractivity contribution in [2.24, 2.45) is 5.11 Å². The minimum Gasteiger partial charge on any atom is -0.354 e. The van der Waals surface area contributed by atoms with Gasteiger partial charge in [0.25, 0.3) is 26.1 Å². The molecule has 3 heterocycles. The number of hydrogen-bond acceptors (Lipinski definition) is 9. The van der Waals surface area contributed by atoms with Gasteiger partial charge in [0.2, 0.25) is 11.6 Å². The number of azide groups is 1. The van der Waals surface area contributed by atoms with Crippen molar-refractivity contribution in [3.63, 3.8) is 0 Å². The Balaban J connectivity index is 1.26. The molecule has 0 bridgehead atoms. The van der Waals surface area contributed by atoms with Crippen LogP contribution in [0.2, 0.25) is 0 Å². The fourth-order valence-corrected chi connectivity index (χ4v) is 9.62. The first-order chi connectivity index (χ1) is 30.7. The fraction of sp³-hybridized carbons (Fsp3) is 0.447. The number of benzene rings is 2. The standard InChI is InChI=1S/C47H60N8O8S2/c1-34-17-21-40-38(30-34)46(3,4)42(54(40)26-12-28-64(58,59)60)14-8-6-9-15-43-47(5,39-31-35(2)18-22-41(39)55(43)27-13-29-65(61,62)63)23-11-7-10-16-44(56)49-24-25-50-45(57)36-19-20-37(51-32-36)33-52-53-48/h6,8-9,14-15,17-22,30-32H,7,10-13,16,23-29,33H2,1-5H3,(H3-,49,50,56,57,58,59,60,61,62,63)/p+1. The molecule has 4 N–H and O–H groups in total. The molecular weight excluding hydrogens is 869 g/mol. The lowest BCUT2D eigenvalue weighted by atomic mass is 9.76. The van der Waals surface area contributed by atoms with Crippen molar-refractivity contribution in [3.05, 3.63) is 135 Å². The van der Waals surface area contributed by atoms with Gasteiger partial charge in [-0.25, -0.2) is 0 Å². The third-order valence-electron chi connectivity index (χ3n) is 11.9. The molecule has 0 fully saturated rings. The largest absolute Gasteiger partial charge is 0.354 e. The van der Waals surface area contributed by atoms with Crippen LogP contribution in [0, 0.1) is 13.8 Å². The molecular formula is C47H61N8O8S2+. The summed E-state index contributed by atoms with van der Waals surface area (Å²) < 4.78 is 67.8. The third kappa shape index (κ3) is 13.7. The normalized spacial score (nSPS) is 17.5. The van der Waals surface area contributed by atoms with Gasteiger partial charge >= 0.3 is 0 Å². The van der Waals surface area contributed by atoms with Crippen LogP contribution in [0.4, 0.5) is 11.4 Å². The Morgan fingerprint density at radius 2 is 1.55 bits per heavy atom. The van der Waals surface area contributed by atoms with E-state index in [0.29, 0.717) is 37.2 Å². The lowest BCUT2D eigenvalue weighted by Crippen LogP contribution is -2.34. The Morgan fingerprint density at radius 3 is 2.25 bits per heavy atom. The molecule has 1 atom stereocenters. The van der Waals surface area contributed by atoms with E-state index in [9.17, 15) is 35.5 Å². The highest BCUT2D eigenvalue weighted by atomic mass is 32.2. The van der Waals surface area contributed by atoms with Gasteiger partial charge in [0.05, 0.1) is 29.0 Å². The van der Waals surface area contributed by atoms with Crippen molar-refractivity contribution in [1.82, 2.24) is 15.6 Å². The molecule has 0 spiro atoms. The van der Waals surface area contributed by atoms with E-state index in [1.54, 1.807) is 12.1 Å². The van der Waals surface area contributed by atoms with Crippen LogP contribution < -0.4 is 15.5 Å². The van der Waals surface area contributed by atoms with Gasteiger partial charge in [-0.1, -0.05) is 65.5 Å². The summed E-state index contributed by atoms with van der Waals surface area (Å²) in [6.45, 7) is 11.9. The topological polar surface area (TPSA) is 235 Å². The molecule has 0 saturated carbocycles. The van der Waals surface area contributed by atoms with Gasteiger partial charge in [-0.05, 0) is 95.3 Å². The van der Waals surface area contributed by atoms with E-state index in [-0.39, 0.29) is 61.2 Å². The SMILES string of the molecule is Cc1ccc2c(c1)C(C)(C)C(C=CC=CC=C1N(CCCS(=O)(=O)O)c3ccc(C)cc3C1(C)CCCCCC(=O)NCCNC(=O)c1ccc(CN=[N+]=[N-])nc1)=[N+]2CCCS(=O)(=O)O. The molecule has 65 heavy (non-hydrogen) atoms. The van der Waals surface area contributed by atoms with Crippen LogP contribution in [0.25, 0.3) is 10.4 Å². The molecule has 1 unspecified atom stereocenters. The molecule has 1 aromatic heterocycles. The van der Waals surface area contributed by atoms with Crippen molar-refractivity contribution < 1.29 is 40.1 Å². The minimum absolute atomic E-state index is 0.0947. The molecule has 3 aromatic rings. The van der Waals surface area contributed by atoms with Gasteiger partial charge in [-0.15, -0.1) is 0 Å². The Bertz CT molecular complexity index is 2630. The van der Waals surface area contributed by atoms with Gasteiger partial charge in [0.1, 0.15) is 6.54 Å². The highest BCUT2D eigenvalue weighted by molar-refractivity contribution is 7.86. The van der Waals surface area contributed by atoms with Crippen LogP contribution in [0.3, 0.4) is 0 Å². The lowest BCUT2D eigenvalue weighted by molar-refractivity contribution is -0.437. The molecule has 2 aromatic carbocycles. The number of nitrogens with one attached hydrogen (secondary N) is 2. The Kier molecular flexibility index (Phi) is 17.1. The summed E-state index contributed by atoms with van der Waals surface area (Å²) in [5.41, 5.74) is 17.0. The number of carbonyl (C=O) groups excluding carboxylic acids is 2. The Labute approximate surface area is 382 Å². The molecule has 16 nitrogen and oxygen atoms in total. The third-order valence-corrected chi connectivity index (χ3v) is 13.5. The van der Waals surface area contributed by atoms with Gasteiger partial charge < -0.3 is 15.5 Å². The summed E-state index contributed by atoms with van der Waals surface area (Å²) in [4.78, 5) is 34.1. The smallest absolute Gasteiger partial charge is 0.265 e. The van der Waals surface area contributed by atoms with Crippen LogP contribution in [0.5, 0.6) is 0 Å². The van der Waals surface area contributed by atoms with Crippen LogP contribution in [0.15, 0.2) is 95.9 Å². The van der Waals surface area contributed by atoms with Crippen molar-refractivity contribution in [3.8, 4) is 0 Å². The number of pyridine rings is 1. The molecule has 0 aliphatic carbocycles. The molecule has 18 heteroatoms. The maximum absolute atomic E-state index is 12.7. The Morgan fingerprint density at radius 1 is 0.862 bits per heavy atom. The monoisotopic (exact) mass is 929 g/mol. The van der Waals surface area contributed by atoms with Crippen molar-refractivity contribution in [2.45, 2.75) is 96.9 Å². The zero-order chi connectivity index (χ0) is 47.4. The zero-order valence-corrected chi connectivity index (χ0v) is 39.5. The molecule has 348 valence electrons. The minimum atomic E-state index is -4.17. The molecule has 2 aliphatic heterocycles. The highest BCUT2D eigenvalue weighted by Crippen LogP contribution is 2.51. The van der Waals surface area contributed by atoms with Gasteiger partial charge in [-0.2, -0.15) is 21.4 Å². The lowest BCUT2D eigenvalue weighted by Gasteiger charge is -2.30. The van der Waals surface area contributed by atoms with E-state index in [2.05, 4.69) is 86.2 Å². The van der Waals surface area contributed by atoms with E-state index in [4.69, 9.17) is 5.53 Å². The zero-order valence-electron chi connectivity index (χ0n) is 37.8. The number of hydrogen-bond donors (Lipinski definition) is 4. The predicted molar refractivity (Wildman–Crippen MR) is 254 cm³/mol. The van der Waals surface area contributed by atoms with Crippen LogP contribution in [-0.2, 0) is 42.4 Å². The summed E-state index contributed by atoms with van der Waals surface area (Å²) in [5.74, 6) is -1.15. The van der Waals surface area contributed by atoms with E-state index >= 15 is 0 Å². The number of nitrogens with zero attached hydrogens (tertiary/aromatic N) is 6. The molecule has 0 saturated heterocycles. The van der Waals surface area contributed by atoms with Crippen molar-refractivity contribution >= 4 is 49.1 Å². The second-order valence-electron chi connectivity index (χ2n) is 17.4. The highest BCUT2D eigenvalue weighted by Gasteiger charge is 2.45. The summed E-state index contributed by atoms with van der Waals surface area (Å²) >= 11 is 0. The molecule has 0 radical (unpaired) electrons. The van der Waals surface area contributed by atoms with Crippen molar-refractivity contribution in [2.75, 3.05) is 42.6 Å². The van der Waals surface area contributed by atoms with Crippen LogP contribution in [0.1, 0.15) is 104 Å². The number of aryl methyl sites for hydroxylation is 2. The van der Waals surface area contributed by atoms with E-state index in [1.165, 1.54) is 6.20 Å². The number of amides is 2. The van der Waals surface area contributed by atoms with Gasteiger partial charge in [-0.3, -0.25) is 23.7 Å². The van der Waals surface area contributed by atoms with Crippen LogP contribution >= 0.6 is 0 Å². The second kappa shape index (κ2) is 22.0. The number of unbranched alkanes of at least 4 members (excludes halogenated alkanes) is 2. The summed E-state index contributed by atoms with van der Waals surface area (Å²) in [6, 6.07) is 15.7. The number of aromatic nitrogens is 1. The van der Waals surface area contributed by atoms with Crippen molar-refractivity contribution in [1.29, 1.82) is 0 Å². The van der Waals surface area contributed by atoms with E-state index < -0.39 is 25.7 Å². The maximum atomic E-state index is 12.7.